The second-order valence-corrected chi connectivity index (χ2v) is 10.6. The second kappa shape index (κ2) is 11.6. The normalized spacial score (nSPS) is 23.3. The first-order valence-electron chi connectivity index (χ1n) is 12.9. The zero-order valence-electron chi connectivity index (χ0n) is 22.8. The Hall–Kier alpha value is -4.14. The van der Waals surface area contributed by atoms with Crippen LogP contribution in [0, 0.1) is 0 Å². The molecule has 42 heavy (non-hydrogen) atoms. The summed E-state index contributed by atoms with van der Waals surface area (Å²) in [5.41, 5.74) is 4.58. The van der Waals surface area contributed by atoms with Crippen molar-refractivity contribution in [1.82, 2.24) is 19.5 Å². The van der Waals surface area contributed by atoms with Crippen LogP contribution >= 0.6 is 8.17 Å². The van der Waals surface area contributed by atoms with Crippen LogP contribution in [0.3, 0.4) is 0 Å². The molecule has 222 valence electrons. The van der Waals surface area contributed by atoms with Crippen molar-refractivity contribution in [2.75, 3.05) is 18.9 Å². The summed E-state index contributed by atoms with van der Waals surface area (Å²) in [7, 11) is -2.77. The smallest absolute Gasteiger partial charge is 0.395 e. The minimum atomic E-state index is -2.77. The van der Waals surface area contributed by atoms with Gasteiger partial charge in [-0.3, -0.25) is 9.09 Å². The Bertz CT molecular complexity index is 1660. The van der Waals surface area contributed by atoms with Crippen molar-refractivity contribution >= 4 is 42.0 Å². The number of imidazole rings is 1. The average molecular weight is 601 g/mol. The van der Waals surface area contributed by atoms with Gasteiger partial charge in [-0.25, -0.2) is 9.78 Å². The highest BCUT2D eigenvalue weighted by Gasteiger charge is 2.54. The van der Waals surface area contributed by atoms with Crippen LogP contribution in [0.2, 0.25) is 0 Å². The molecule has 15 nitrogen and oxygen atoms in total. The number of ether oxygens (including phenoxy) is 3. The molecule has 2 aromatic heterocycles. The summed E-state index contributed by atoms with van der Waals surface area (Å²) in [6, 6.07) is 9.17. The van der Waals surface area contributed by atoms with Crippen LogP contribution in [0.1, 0.15) is 27.0 Å². The number of nitrogens with zero attached hydrogens (tertiary/aromatic N) is 5. The predicted octanol–water partition coefficient (Wildman–Crippen LogP) is 1.76. The molecule has 1 fully saturated rings. The van der Waals surface area contributed by atoms with Gasteiger partial charge in [0, 0.05) is 5.39 Å². The van der Waals surface area contributed by atoms with E-state index in [0.717, 1.165) is 5.39 Å². The van der Waals surface area contributed by atoms with Gasteiger partial charge >= 0.3 is 14.1 Å². The maximum atomic E-state index is 12.6. The number of fused-ring (bicyclic) bond motifs is 2. The van der Waals surface area contributed by atoms with Crippen LogP contribution in [0.15, 0.2) is 47.5 Å². The summed E-state index contributed by atoms with van der Waals surface area (Å²) in [6.45, 7) is 4.53. The molecule has 4 aromatic rings. The summed E-state index contributed by atoms with van der Waals surface area (Å²) in [4.78, 5) is 36.3. The fourth-order valence-electron chi connectivity index (χ4n) is 4.59. The van der Waals surface area contributed by atoms with Gasteiger partial charge in [0.05, 0.1) is 12.9 Å². The molecule has 0 bridgehead atoms. The Labute approximate surface area is 240 Å². The third-order valence-electron chi connectivity index (χ3n) is 6.74. The van der Waals surface area contributed by atoms with E-state index in [2.05, 4.69) is 19.7 Å². The van der Waals surface area contributed by atoms with Gasteiger partial charge in [-0.2, -0.15) is 9.97 Å². The maximum absolute atomic E-state index is 12.6. The summed E-state index contributed by atoms with van der Waals surface area (Å²) in [6.07, 6.45) is -2.23. The van der Waals surface area contributed by atoms with Gasteiger partial charge in [-0.05, 0) is 32.2 Å². The summed E-state index contributed by atoms with van der Waals surface area (Å²) >= 11 is 0. The number of hydrogen-bond donors (Lipinski definition) is 4. The van der Waals surface area contributed by atoms with Crippen molar-refractivity contribution in [3.8, 4) is 17.4 Å². The number of aliphatic carboxylic acids is 1. The number of anilines is 1. The summed E-state index contributed by atoms with van der Waals surface area (Å²) in [5, 5.41) is 32.7. The van der Waals surface area contributed by atoms with Gasteiger partial charge in [0.1, 0.15) is 24.4 Å². The molecule has 1 saturated heterocycles. The molecule has 0 saturated carbocycles. The van der Waals surface area contributed by atoms with Crippen LogP contribution in [-0.2, 0) is 9.53 Å². The number of hydrogen-bond acceptors (Lipinski definition) is 13. The number of carboxylic acids is 1. The van der Waals surface area contributed by atoms with E-state index >= 15 is 0 Å². The highest BCUT2D eigenvalue weighted by atomic mass is 31.1. The van der Waals surface area contributed by atoms with E-state index in [1.54, 1.807) is 31.2 Å². The number of rotatable bonds is 10. The van der Waals surface area contributed by atoms with E-state index in [4.69, 9.17) is 29.6 Å². The Balaban J connectivity index is 1.42. The molecule has 1 aliphatic rings. The molecule has 2 aromatic carbocycles. The highest BCUT2D eigenvalue weighted by Crippen LogP contribution is 2.43. The first-order chi connectivity index (χ1) is 20.0. The predicted molar refractivity (Wildman–Crippen MR) is 148 cm³/mol. The molecule has 1 aliphatic heterocycles. The number of aliphatic hydroxyl groups is 2. The lowest BCUT2D eigenvalue weighted by Gasteiger charge is -2.27. The van der Waals surface area contributed by atoms with Crippen molar-refractivity contribution in [2.45, 2.75) is 50.8 Å². The van der Waals surface area contributed by atoms with Gasteiger partial charge in [-0.1, -0.05) is 35.1 Å². The van der Waals surface area contributed by atoms with E-state index in [0.29, 0.717) is 17.5 Å². The zero-order valence-corrected chi connectivity index (χ0v) is 23.7. The lowest BCUT2D eigenvalue weighted by Crippen LogP contribution is -2.44. The Kier molecular flexibility index (Phi) is 8.12. The molecule has 3 heterocycles. The Morgan fingerprint density at radius 1 is 1.29 bits per heavy atom. The molecule has 0 aliphatic carbocycles. The van der Waals surface area contributed by atoms with Gasteiger partial charge < -0.3 is 40.2 Å². The molecule has 6 atom stereocenters. The van der Waals surface area contributed by atoms with Crippen molar-refractivity contribution in [3.63, 3.8) is 0 Å². The molecule has 5 rings (SSSR count). The van der Waals surface area contributed by atoms with E-state index in [9.17, 15) is 19.9 Å². The number of nitrogen functional groups attached to an aromatic ring is 1. The molecule has 16 heteroatoms. The Morgan fingerprint density at radius 2 is 2.05 bits per heavy atom. The van der Waals surface area contributed by atoms with Crippen molar-refractivity contribution in [2.24, 2.45) is 4.74 Å². The monoisotopic (exact) mass is 600 g/mol. The molecule has 5 N–H and O–H groups in total. The number of nitrogens with two attached hydrogens (primary N) is 1. The highest BCUT2D eigenvalue weighted by molar-refractivity contribution is 7.34. The largest absolute Gasteiger partial charge is 0.575 e. The summed E-state index contributed by atoms with van der Waals surface area (Å²) in [5.74, 6) is -0.938. The maximum Gasteiger partial charge on any atom is 0.395 e. The van der Waals surface area contributed by atoms with E-state index in [-0.39, 0.29) is 35.6 Å². The molecule has 0 spiro atoms. The molecular formula is C26H29N6O9P. The SMILES string of the molecule is CCOc1nc(N)nc2c1ncn2C1O[C@H](COc2ccc3ccccc3c2O/[P+]([O-])=N/C(C)C(=O)O)[C@@H](O)[C@@]1(C)O. The number of benzene rings is 2. The second-order valence-electron chi connectivity index (χ2n) is 9.73. The molecular weight excluding hydrogens is 571 g/mol. The van der Waals surface area contributed by atoms with Crippen LogP contribution in [0.5, 0.6) is 17.4 Å². The van der Waals surface area contributed by atoms with Gasteiger partial charge in [0.25, 0.3) is 0 Å². The van der Waals surface area contributed by atoms with Crippen LogP contribution < -0.4 is 24.6 Å². The lowest BCUT2D eigenvalue weighted by atomic mass is 9.96. The number of carboxylic acid groups (broad SMARTS) is 1. The van der Waals surface area contributed by atoms with Gasteiger partial charge in [-0.15, -0.1) is 0 Å². The minimum absolute atomic E-state index is 0.0718. The molecule has 3 unspecified atom stereocenters. The zero-order chi connectivity index (χ0) is 30.2. The average Bonchev–Trinajstić information content (AvgIpc) is 3.45. The quantitative estimate of drug-likeness (QED) is 0.191. The van der Waals surface area contributed by atoms with Crippen LogP contribution in [0.4, 0.5) is 5.95 Å². The number of aliphatic hydroxyl groups excluding tert-OH is 1. The minimum Gasteiger partial charge on any atom is -0.575 e. The molecule has 0 radical (unpaired) electrons. The van der Waals surface area contributed by atoms with E-state index < -0.39 is 44.2 Å². The van der Waals surface area contributed by atoms with Crippen LogP contribution in [-0.4, -0.2) is 77.9 Å². The van der Waals surface area contributed by atoms with Crippen LogP contribution in [0.25, 0.3) is 21.9 Å². The van der Waals surface area contributed by atoms with Gasteiger partial charge in [0.2, 0.25) is 17.6 Å². The van der Waals surface area contributed by atoms with Crippen molar-refractivity contribution in [1.29, 1.82) is 0 Å². The fraction of sp³-hybridized carbons (Fsp3) is 0.385. The summed E-state index contributed by atoms with van der Waals surface area (Å²) < 4.78 is 28.2. The lowest BCUT2D eigenvalue weighted by molar-refractivity contribution is -0.169. The Morgan fingerprint density at radius 3 is 2.79 bits per heavy atom. The van der Waals surface area contributed by atoms with E-state index in [1.807, 2.05) is 12.1 Å². The van der Waals surface area contributed by atoms with Crippen molar-refractivity contribution in [3.05, 3.63) is 42.7 Å². The molecule has 0 amide bonds. The first kappa shape index (κ1) is 29.4. The topological polar surface area (TPSA) is 220 Å². The number of carbonyl (C=O) groups is 1. The first-order valence-corrected chi connectivity index (χ1v) is 14.1. The van der Waals surface area contributed by atoms with Gasteiger partial charge in [0.15, 0.2) is 29.2 Å². The third-order valence-corrected chi connectivity index (χ3v) is 7.61. The fourth-order valence-corrected chi connectivity index (χ4v) is 5.36. The standard InChI is InChI=1S/C26H29N6O9P/c1-4-38-22-18-21(29-25(27)30-22)32(12-28-18)24-26(3,36)20(33)17(40-24)11-39-16-10-9-14-7-5-6-8-15(14)19(16)41-42(37)31-13(2)23(34)35/h5-10,12-13,17,20,24,33,36H,4,11H2,1-3H3,(H,34,35)(H2,27,29,30)/t13?,17-,20-,24?,26-/m1/s1. The number of aromatic nitrogens is 4. The van der Waals surface area contributed by atoms with E-state index in [1.165, 1.54) is 24.7 Å². The van der Waals surface area contributed by atoms with Crippen molar-refractivity contribution < 1.29 is 43.7 Å². The third kappa shape index (κ3) is 5.52.